The molecule has 1 aliphatic heterocycles. The minimum absolute atomic E-state index is 0.266. The van der Waals surface area contributed by atoms with E-state index >= 15 is 0 Å². The van der Waals surface area contributed by atoms with Crippen LogP contribution in [0, 0.1) is 6.92 Å². The maximum absolute atomic E-state index is 4.81. The molecule has 0 aliphatic carbocycles. The fourth-order valence-electron chi connectivity index (χ4n) is 3.23. The highest BCUT2D eigenvalue weighted by Crippen LogP contribution is 2.33. The molecular formula is C16H18N6. The second-order valence-corrected chi connectivity index (χ2v) is 5.70. The summed E-state index contributed by atoms with van der Waals surface area (Å²) in [5.41, 5.74) is 3.12. The van der Waals surface area contributed by atoms with Crippen LogP contribution in [0.25, 0.3) is 5.65 Å². The molecule has 4 heterocycles. The molecule has 1 aliphatic rings. The highest BCUT2D eigenvalue weighted by molar-refractivity contribution is 5.44. The summed E-state index contributed by atoms with van der Waals surface area (Å²) in [4.78, 5) is 15.6. The monoisotopic (exact) mass is 294 g/mol. The molecule has 0 aromatic carbocycles. The van der Waals surface area contributed by atoms with E-state index in [-0.39, 0.29) is 6.04 Å². The van der Waals surface area contributed by atoms with Crippen LogP contribution < -0.4 is 4.90 Å². The summed E-state index contributed by atoms with van der Waals surface area (Å²) in [5.74, 6) is 0.979. The highest BCUT2D eigenvalue weighted by Gasteiger charge is 2.26. The van der Waals surface area contributed by atoms with E-state index in [4.69, 9.17) is 4.98 Å². The van der Waals surface area contributed by atoms with E-state index in [9.17, 15) is 0 Å². The Morgan fingerprint density at radius 2 is 2.14 bits per heavy atom. The third kappa shape index (κ3) is 2.20. The molecule has 1 saturated heterocycles. The minimum atomic E-state index is 0.266. The number of anilines is 1. The number of hydrogen-bond acceptors (Lipinski definition) is 5. The zero-order chi connectivity index (χ0) is 14.9. The van der Waals surface area contributed by atoms with Gasteiger partial charge in [0, 0.05) is 24.5 Å². The van der Waals surface area contributed by atoms with Gasteiger partial charge in [0.25, 0.3) is 0 Å². The lowest BCUT2D eigenvalue weighted by atomic mass is 9.98. The van der Waals surface area contributed by atoms with Crippen molar-refractivity contribution < 1.29 is 0 Å². The van der Waals surface area contributed by atoms with Gasteiger partial charge in [-0.15, -0.1) is 0 Å². The number of piperidine rings is 1. The first-order valence-corrected chi connectivity index (χ1v) is 7.67. The molecule has 1 fully saturated rings. The molecule has 112 valence electrons. The molecule has 6 heteroatoms. The van der Waals surface area contributed by atoms with Crippen LogP contribution in [0.4, 0.5) is 5.82 Å². The summed E-state index contributed by atoms with van der Waals surface area (Å²) >= 11 is 0. The molecule has 0 saturated carbocycles. The smallest absolute Gasteiger partial charge is 0.155 e. The van der Waals surface area contributed by atoms with Gasteiger partial charge in [-0.2, -0.15) is 5.10 Å². The van der Waals surface area contributed by atoms with Crippen molar-refractivity contribution >= 4 is 11.5 Å². The van der Waals surface area contributed by atoms with Crippen molar-refractivity contribution in [3.8, 4) is 0 Å². The Bertz CT molecular complexity index is 782. The standard InChI is InChI=1S/C16H18N6/c1-12-10-13(20-16-6-8-19-22(12)16)14-4-2-3-9-21(14)15-5-7-17-11-18-15/h5-8,10-11,14H,2-4,9H2,1H3. The summed E-state index contributed by atoms with van der Waals surface area (Å²) in [6, 6.07) is 6.34. The number of aryl methyl sites for hydroxylation is 1. The maximum atomic E-state index is 4.81. The Kier molecular flexibility index (Phi) is 3.21. The predicted octanol–water partition coefficient (Wildman–Crippen LogP) is 2.56. The van der Waals surface area contributed by atoms with Gasteiger partial charge in [0.05, 0.1) is 17.9 Å². The van der Waals surface area contributed by atoms with Crippen molar-refractivity contribution in [2.75, 3.05) is 11.4 Å². The fourth-order valence-corrected chi connectivity index (χ4v) is 3.23. The Morgan fingerprint density at radius 3 is 3.00 bits per heavy atom. The topological polar surface area (TPSA) is 59.2 Å². The van der Waals surface area contributed by atoms with Gasteiger partial charge >= 0.3 is 0 Å². The van der Waals surface area contributed by atoms with Crippen molar-refractivity contribution in [1.29, 1.82) is 0 Å². The van der Waals surface area contributed by atoms with Gasteiger partial charge in [-0.3, -0.25) is 0 Å². The molecule has 1 unspecified atom stereocenters. The second kappa shape index (κ2) is 5.36. The molecule has 3 aromatic heterocycles. The summed E-state index contributed by atoms with van der Waals surface area (Å²) in [6.07, 6.45) is 8.71. The van der Waals surface area contributed by atoms with Gasteiger partial charge in [-0.05, 0) is 38.3 Å². The Hall–Kier alpha value is -2.50. The lowest BCUT2D eigenvalue weighted by Crippen LogP contribution is -2.34. The largest absolute Gasteiger partial charge is 0.348 e. The normalized spacial score (nSPS) is 18.8. The molecule has 0 spiro atoms. The van der Waals surface area contributed by atoms with E-state index in [1.54, 1.807) is 18.7 Å². The van der Waals surface area contributed by atoms with Gasteiger partial charge in [-0.1, -0.05) is 0 Å². The van der Waals surface area contributed by atoms with Gasteiger partial charge in [0.2, 0.25) is 0 Å². The van der Waals surface area contributed by atoms with Gasteiger partial charge < -0.3 is 4.90 Å². The highest BCUT2D eigenvalue weighted by atomic mass is 15.3. The van der Waals surface area contributed by atoms with E-state index in [1.807, 2.05) is 16.6 Å². The lowest BCUT2D eigenvalue weighted by Gasteiger charge is -2.36. The van der Waals surface area contributed by atoms with Crippen LogP contribution in [0.1, 0.15) is 36.7 Å². The summed E-state index contributed by atoms with van der Waals surface area (Å²) in [7, 11) is 0. The predicted molar refractivity (Wildman–Crippen MR) is 83.7 cm³/mol. The number of aromatic nitrogens is 5. The molecule has 3 aromatic rings. The van der Waals surface area contributed by atoms with E-state index in [1.165, 1.54) is 12.8 Å². The summed E-state index contributed by atoms with van der Waals surface area (Å²) in [5, 5.41) is 4.30. The number of rotatable bonds is 2. The quantitative estimate of drug-likeness (QED) is 0.727. The summed E-state index contributed by atoms with van der Waals surface area (Å²) < 4.78 is 1.88. The van der Waals surface area contributed by atoms with Crippen molar-refractivity contribution in [3.63, 3.8) is 0 Å². The maximum Gasteiger partial charge on any atom is 0.155 e. The minimum Gasteiger partial charge on any atom is -0.348 e. The average Bonchev–Trinajstić information content (AvgIpc) is 3.05. The van der Waals surface area contributed by atoms with Gasteiger partial charge in [0.15, 0.2) is 5.65 Å². The van der Waals surface area contributed by atoms with Crippen molar-refractivity contribution in [3.05, 3.63) is 48.3 Å². The molecule has 4 rings (SSSR count). The molecule has 22 heavy (non-hydrogen) atoms. The van der Waals surface area contributed by atoms with E-state index in [0.29, 0.717) is 0 Å². The van der Waals surface area contributed by atoms with Crippen molar-refractivity contribution in [2.24, 2.45) is 0 Å². The molecular weight excluding hydrogens is 276 g/mol. The van der Waals surface area contributed by atoms with Crippen LogP contribution in [0.15, 0.2) is 36.9 Å². The number of nitrogens with zero attached hydrogens (tertiary/aromatic N) is 6. The van der Waals surface area contributed by atoms with Gasteiger partial charge in [0.1, 0.15) is 12.1 Å². The van der Waals surface area contributed by atoms with Crippen LogP contribution in [0.3, 0.4) is 0 Å². The van der Waals surface area contributed by atoms with Crippen LogP contribution in [0.2, 0.25) is 0 Å². The Labute approximate surface area is 128 Å². The third-order valence-corrected chi connectivity index (χ3v) is 4.26. The van der Waals surface area contributed by atoms with Crippen LogP contribution >= 0.6 is 0 Å². The first-order valence-electron chi connectivity index (χ1n) is 7.67. The SMILES string of the molecule is Cc1cc(C2CCCCN2c2ccncn2)nc2ccnn12. The Morgan fingerprint density at radius 1 is 1.18 bits per heavy atom. The zero-order valence-corrected chi connectivity index (χ0v) is 12.6. The molecule has 1 atom stereocenters. The zero-order valence-electron chi connectivity index (χ0n) is 12.6. The van der Waals surface area contributed by atoms with E-state index in [0.717, 1.165) is 35.8 Å². The Balaban J connectivity index is 1.77. The fraction of sp³-hybridized carbons (Fsp3) is 0.375. The summed E-state index contributed by atoms with van der Waals surface area (Å²) in [6.45, 7) is 3.08. The number of fused-ring (bicyclic) bond motifs is 1. The van der Waals surface area contributed by atoms with Crippen LogP contribution in [-0.4, -0.2) is 31.1 Å². The number of hydrogen-bond donors (Lipinski definition) is 0. The van der Waals surface area contributed by atoms with E-state index < -0.39 is 0 Å². The van der Waals surface area contributed by atoms with Crippen molar-refractivity contribution in [1.82, 2.24) is 24.6 Å². The van der Waals surface area contributed by atoms with Gasteiger partial charge in [-0.25, -0.2) is 19.5 Å². The third-order valence-electron chi connectivity index (χ3n) is 4.26. The first-order chi connectivity index (χ1) is 10.8. The van der Waals surface area contributed by atoms with Crippen molar-refractivity contribution in [2.45, 2.75) is 32.2 Å². The lowest BCUT2D eigenvalue weighted by molar-refractivity contribution is 0.461. The molecule has 0 radical (unpaired) electrons. The van der Waals surface area contributed by atoms with Crippen LogP contribution in [-0.2, 0) is 0 Å². The average molecular weight is 294 g/mol. The first kappa shape index (κ1) is 13.2. The van der Waals surface area contributed by atoms with Crippen LogP contribution in [0.5, 0.6) is 0 Å². The molecule has 0 bridgehead atoms. The molecule has 0 N–H and O–H groups in total. The molecule has 0 amide bonds. The second-order valence-electron chi connectivity index (χ2n) is 5.70. The molecule has 6 nitrogen and oxygen atoms in total. The van der Waals surface area contributed by atoms with E-state index in [2.05, 4.69) is 33.0 Å².